The van der Waals surface area contributed by atoms with Crippen molar-refractivity contribution in [2.24, 2.45) is 0 Å². The Labute approximate surface area is 121 Å². The van der Waals surface area contributed by atoms with Crippen LogP contribution in [0.5, 0.6) is 0 Å². The Morgan fingerprint density at radius 2 is 1.95 bits per heavy atom. The van der Waals surface area contributed by atoms with E-state index in [1.165, 1.54) is 12.1 Å². The molecule has 0 radical (unpaired) electrons. The average Bonchev–Trinajstić information content (AvgIpc) is 2.84. The molecule has 0 aliphatic carbocycles. The number of piperazine rings is 1. The smallest absolute Gasteiger partial charge is 0.368 e. The highest BCUT2D eigenvalue weighted by Gasteiger charge is 2.37. The first-order valence-corrected chi connectivity index (χ1v) is 7.19. The number of nitrogens with zero attached hydrogens (tertiary/aromatic N) is 2. The van der Waals surface area contributed by atoms with Crippen LogP contribution >= 0.6 is 11.6 Å². The van der Waals surface area contributed by atoms with Gasteiger partial charge in [-0.15, -0.1) is 0 Å². The summed E-state index contributed by atoms with van der Waals surface area (Å²) < 4.78 is 39.5. The van der Waals surface area contributed by atoms with Crippen molar-refractivity contribution in [3.8, 4) is 0 Å². The molecular weight excluding hydrogens is 289 g/mol. The molecular formula is C14H16ClF3N2. The first kappa shape index (κ1) is 14.0. The normalized spacial score (nSPS) is 24.0. The highest BCUT2D eigenvalue weighted by Crippen LogP contribution is 2.39. The molecule has 20 heavy (non-hydrogen) atoms. The van der Waals surface area contributed by atoms with E-state index in [2.05, 4.69) is 4.90 Å². The molecule has 2 aliphatic heterocycles. The quantitative estimate of drug-likeness (QED) is 0.781. The van der Waals surface area contributed by atoms with E-state index in [1.54, 1.807) is 0 Å². The van der Waals surface area contributed by atoms with E-state index in [9.17, 15) is 13.2 Å². The van der Waals surface area contributed by atoms with Crippen molar-refractivity contribution in [2.45, 2.75) is 25.1 Å². The summed E-state index contributed by atoms with van der Waals surface area (Å²) in [5.74, 6) is 0. The van der Waals surface area contributed by atoms with Gasteiger partial charge in [-0.2, -0.15) is 13.2 Å². The lowest BCUT2D eigenvalue weighted by Crippen LogP contribution is -2.50. The first-order chi connectivity index (χ1) is 9.45. The molecule has 3 rings (SSSR count). The zero-order valence-corrected chi connectivity index (χ0v) is 11.7. The highest BCUT2D eigenvalue weighted by molar-refractivity contribution is 6.30. The van der Waals surface area contributed by atoms with Gasteiger partial charge in [-0.1, -0.05) is 11.6 Å². The minimum absolute atomic E-state index is 0.126. The number of hydrogen-bond donors (Lipinski definition) is 0. The van der Waals surface area contributed by atoms with Crippen molar-refractivity contribution < 1.29 is 13.2 Å². The lowest BCUT2D eigenvalue weighted by Gasteiger charge is -2.39. The van der Waals surface area contributed by atoms with E-state index in [4.69, 9.17) is 11.6 Å². The first-order valence-electron chi connectivity index (χ1n) is 6.81. The lowest BCUT2D eigenvalue weighted by molar-refractivity contribution is -0.137. The van der Waals surface area contributed by atoms with E-state index < -0.39 is 11.7 Å². The Morgan fingerprint density at radius 3 is 2.70 bits per heavy atom. The Balaban J connectivity index is 1.90. The van der Waals surface area contributed by atoms with Crippen molar-refractivity contribution in [3.05, 3.63) is 28.8 Å². The zero-order valence-electron chi connectivity index (χ0n) is 11.0. The fraction of sp³-hybridized carbons (Fsp3) is 0.571. The summed E-state index contributed by atoms with van der Waals surface area (Å²) in [6, 6.07) is 4.45. The second-order valence-electron chi connectivity index (χ2n) is 5.44. The maximum absolute atomic E-state index is 13.2. The third kappa shape index (κ3) is 2.61. The number of rotatable bonds is 1. The van der Waals surface area contributed by atoms with Gasteiger partial charge >= 0.3 is 6.18 Å². The van der Waals surface area contributed by atoms with Crippen LogP contribution in [-0.2, 0) is 6.18 Å². The standard InChI is InChI=1S/C14H16ClF3N2/c15-10-3-4-13(12(8-10)14(16,17)18)20-7-6-19-5-1-2-11(19)9-20/h3-4,8,11H,1-2,5-7,9H2. The molecule has 2 fully saturated rings. The summed E-state index contributed by atoms with van der Waals surface area (Å²) in [6.07, 6.45) is -2.15. The molecule has 0 saturated carbocycles. The van der Waals surface area contributed by atoms with Gasteiger partial charge in [0.05, 0.1) is 5.56 Å². The molecule has 6 heteroatoms. The molecule has 1 unspecified atom stereocenters. The average molecular weight is 305 g/mol. The van der Waals surface area contributed by atoms with Crippen LogP contribution in [0, 0.1) is 0 Å². The maximum atomic E-state index is 13.2. The number of anilines is 1. The number of alkyl halides is 3. The van der Waals surface area contributed by atoms with Crippen LogP contribution in [0.25, 0.3) is 0 Å². The van der Waals surface area contributed by atoms with Crippen molar-refractivity contribution in [1.29, 1.82) is 0 Å². The molecule has 0 N–H and O–H groups in total. The van der Waals surface area contributed by atoms with Crippen LogP contribution in [0.15, 0.2) is 18.2 Å². The fourth-order valence-corrected chi connectivity index (χ4v) is 3.39. The van der Waals surface area contributed by atoms with Crippen molar-refractivity contribution >= 4 is 17.3 Å². The second-order valence-corrected chi connectivity index (χ2v) is 5.87. The Kier molecular flexibility index (Phi) is 3.58. The molecule has 2 heterocycles. The topological polar surface area (TPSA) is 6.48 Å². The van der Waals surface area contributed by atoms with Gasteiger partial charge in [0.15, 0.2) is 0 Å². The van der Waals surface area contributed by atoms with E-state index in [1.807, 2.05) is 4.90 Å². The van der Waals surface area contributed by atoms with Crippen molar-refractivity contribution in [1.82, 2.24) is 4.90 Å². The number of halogens is 4. The molecule has 2 nitrogen and oxygen atoms in total. The number of hydrogen-bond acceptors (Lipinski definition) is 2. The summed E-state index contributed by atoms with van der Waals surface area (Å²) >= 11 is 5.72. The number of fused-ring (bicyclic) bond motifs is 1. The predicted octanol–water partition coefficient (Wildman–Crippen LogP) is 3.64. The monoisotopic (exact) mass is 304 g/mol. The molecule has 110 valence electrons. The minimum atomic E-state index is -4.37. The van der Waals surface area contributed by atoms with Crippen LogP contribution in [0.1, 0.15) is 18.4 Å². The summed E-state index contributed by atoms with van der Waals surface area (Å²) in [7, 11) is 0. The molecule has 2 aliphatic rings. The van der Waals surface area contributed by atoms with Crippen LogP contribution in [0.3, 0.4) is 0 Å². The predicted molar refractivity (Wildman–Crippen MR) is 73.3 cm³/mol. The van der Waals surface area contributed by atoms with Gasteiger partial charge in [-0.3, -0.25) is 4.90 Å². The summed E-state index contributed by atoms with van der Waals surface area (Å²) in [4.78, 5) is 4.23. The molecule has 0 aromatic heterocycles. The third-order valence-corrected chi connectivity index (χ3v) is 4.43. The third-order valence-electron chi connectivity index (χ3n) is 4.19. The second kappa shape index (κ2) is 5.11. The van der Waals surface area contributed by atoms with E-state index in [0.717, 1.165) is 32.0 Å². The Morgan fingerprint density at radius 1 is 1.15 bits per heavy atom. The van der Waals surface area contributed by atoms with E-state index in [-0.39, 0.29) is 10.7 Å². The van der Waals surface area contributed by atoms with Gasteiger partial charge in [0.25, 0.3) is 0 Å². The maximum Gasteiger partial charge on any atom is 0.418 e. The molecule has 0 amide bonds. The molecule has 1 aromatic carbocycles. The van der Waals surface area contributed by atoms with Gasteiger partial charge in [0, 0.05) is 36.4 Å². The molecule has 0 spiro atoms. The molecule has 2 saturated heterocycles. The SMILES string of the molecule is FC(F)(F)c1cc(Cl)ccc1N1CCN2CCCC2C1. The lowest BCUT2D eigenvalue weighted by atomic mass is 10.1. The van der Waals surface area contributed by atoms with Crippen molar-refractivity contribution in [2.75, 3.05) is 31.1 Å². The van der Waals surface area contributed by atoms with Gasteiger partial charge in [0.1, 0.15) is 0 Å². The van der Waals surface area contributed by atoms with Gasteiger partial charge in [-0.25, -0.2) is 0 Å². The van der Waals surface area contributed by atoms with E-state index >= 15 is 0 Å². The minimum Gasteiger partial charge on any atom is -0.368 e. The van der Waals surface area contributed by atoms with Crippen LogP contribution in [0.2, 0.25) is 5.02 Å². The van der Waals surface area contributed by atoms with E-state index in [0.29, 0.717) is 19.1 Å². The fourth-order valence-electron chi connectivity index (χ4n) is 3.22. The van der Waals surface area contributed by atoms with Gasteiger partial charge in [-0.05, 0) is 37.6 Å². The molecule has 1 atom stereocenters. The number of benzene rings is 1. The Hall–Kier alpha value is -0.940. The largest absolute Gasteiger partial charge is 0.418 e. The Bertz CT molecular complexity index is 504. The summed E-state index contributed by atoms with van der Waals surface area (Å²) in [6.45, 7) is 3.22. The summed E-state index contributed by atoms with van der Waals surface area (Å²) in [5, 5.41) is 0.126. The van der Waals surface area contributed by atoms with Gasteiger partial charge in [0.2, 0.25) is 0 Å². The molecule has 0 bridgehead atoms. The van der Waals surface area contributed by atoms with Crippen LogP contribution in [-0.4, -0.2) is 37.1 Å². The van der Waals surface area contributed by atoms with Crippen LogP contribution in [0.4, 0.5) is 18.9 Å². The molecule has 1 aromatic rings. The van der Waals surface area contributed by atoms with Crippen LogP contribution < -0.4 is 4.90 Å². The van der Waals surface area contributed by atoms with Crippen molar-refractivity contribution in [3.63, 3.8) is 0 Å². The zero-order chi connectivity index (χ0) is 14.3. The van der Waals surface area contributed by atoms with Gasteiger partial charge < -0.3 is 4.90 Å². The summed E-state index contributed by atoms with van der Waals surface area (Å²) in [5.41, 5.74) is -0.370. The highest BCUT2D eigenvalue weighted by atomic mass is 35.5.